The molecule has 2 nitrogen and oxygen atoms in total. The summed E-state index contributed by atoms with van der Waals surface area (Å²) in [5.41, 5.74) is 4.37. The molecule has 1 heterocycles. The first-order chi connectivity index (χ1) is 9.22. The van der Waals surface area contributed by atoms with Gasteiger partial charge >= 0.3 is 0 Å². The van der Waals surface area contributed by atoms with E-state index in [0.717, 1.165) is 5.56 Å². The first-order valence-corrected chi connectivity index (χ1v) is 7.68. The Morgan fingerprint density at radius 2 is 1.79 bits per heavy atom. The molecule has 1 aliphatic carbocycles. The molecule has 0 amide bonds. The van der Waals surface area contributed by atoms with Gasteiger partial charge in [0, 0.05) is 18.8 Å². The minimum Gasteiger partial charge on any atom is -0.392 e. The van der Waals surface area contributed by atoms with Crippen molar-refractivity contribution in [1.29, 1.82) is 0 Å². The fraction of sp³-hybridized carbons (Fsp3) is 0.647. The van der Waals surface area contributed by atoms with Crippen molar-refractivity contribution in [1.82, 2.24) is 0 Å². The van der Waals surface area contributed by atoms with Crippen LogP contribution in [0.25, 0.3) is 0 Å². The topological polar surface area (TPSA) is 23.5 Å². The van der Waals surface area contributed by atoms with Crippen LogP contribution in [0.15, 0.2) is 18.2 Å². The summed E-state index contributed by atoms with van der Waals surface area (Å²) in [6.45, 7) is 4.72. The molecule has 2 aliphatic rings. The molecule has 1 saturated carbocycles. The third-order valence-corrected chi connectivity index (χ3v) is 5.27. The summed E-state index contributed by atoms with van der Waals surface area (Å²) in [6.07, 6.45) is 8.56. The summed E-state index contributed by atoms with van der Waals surface area (Å²) in [7, 11) is 0. The fourth-order valence-corrected chi connectivity index (χ4v) is 4.02. The van der Waals surface area contributed by atoms with Crippen LogP contribution in [0.4, 0.5) is 5.69 Å². The summed E-state index contributed by atoms with van der Waals surface area (Å²) >= 11 is 0. The summed E-state index contributed by atoms with van der Waals surface area (Å²) < 4.78 is 0. The smallest absolute Gasteiger partial charge is 0.0681 e. The van der Waals surface area contributed by atoms with E-state index in [-0.39, 0.29) is 6.61 Å². The molecule has 0 bridgehead atoms. The Labute approximate surface area is 116 Å². The lowest BCUT2D eigenvalue weighted by atomic mass is 9.77. The maximum atomic E-state index is 9.19. The van der Waals surface area contributed by atoms with E-state index in [9.17, 15) is 5.11 Å². The van der Waals surface area contributed by atoms with Crippen LogP contribution in [0.5, 0.6) is 0 Å². The molecule has 1 aromatic rings. The van der Waals surface area contributed by atoms with Crippen molar-refractivity contribution in [2.45, 2.75) is 52.1 Å². The molecule has 1 spiro atoms. The van der Waals surface area contributed by atoms with Crippen LogP contribution in [0.3, 0.4) is 0 Å². The highest BCUT2D eigenvalue weighted by atomic mass is 16.3. The Morgan fingerprint density at radius 1 is 1.11 bits per heavy atom. The highest BCUT2D eigenvalue weighted by Crippen LogP contribution is 2.46. The van der Waals surface area contributed by atoms with Crippen molar-refractivity contribution in [2.24, 2.45) is 5.41 Å². The van der Waals surface area contributed by atoms with Crippen molar-refractivity contribution in [3.63, 3.8) is 0 Å². The summed E-state index contributed by atoms with van der Waals surface area (Å²) in [5.74, 6) is 0. The first-order valence-electron chi connectivity index (χ1n) is 7.68. The van der Waals surface area contributed by atoms with Gasteiger partial charge < -0.3 is 10.0 Å². The fourth-order valence-electron chi connectivity index (χ4n) is 4.02. The first kappa shape index (κ1) is 13.0. The number of nitrogens with zero attached hydrogens (tertiary/aromatic N) is 1. The normalized spacial score (nSPS) is 22.1. The van der Waals surface area contributed by atoms with Crippen LogP contribution in [0.1, 0.15) is 49.7 Å². The number of aryl methyl sites for hydroxylation is 1. The third kappa shape index (κ3) is 2.51. The third-order valence-electron chi connectivity index (χ3n) is 5.27. The Bertz CT molecular complexity index is 439. The van der Waals surface area contributed by atoms with E-state index >= 15 is 0 Å². The maximum Gasteiger partial charge on any atom is 0.0681 e. The van der Waals surface area contributed by atoms with Gasteiger partial charge in [-0.1, -0.05) is 25.0 Å². The average Bonchev–Trinajstić information content (AvgIpc) is 2.88. The lowest BCUT2D eigenvalue weighted by molar-refractivity contribution is 0.226. The predicted molar refractivity (Wildman–Crippen MR) is 79.4 cm³/mol. The number of piperidine rings is 1. The SMILES string of the molecule is Cc1cc(CO)ccc1N1CCC2(CCCC2)CC1. The molecule has 2 fully saturated rings. The molecule has 0 unspecified atom stereocenters. The van der Waals surface area contributed by atoms with E-state index in [0.29, 0.717) is 5.41 Å². The quantitative estimate of drug-likeness (QED) is 0.876. The molecule has 19 heavy (non-hydrogen) atoms. The zero-order valence-corrected chi connectivity index (χ0v) is 12.0. The molecule has 104 valence electrons. The van der Waals surface area contributed by atoms with Gasteiger partial charge in [-0.05, 0) is 55.2 Å². The molecular formula is C17H25NO. The molecule has 1 aliphatic heterocycles. The van der Waals surface area contributed by atoms with Gasteiger partial charge in [0.15, 0.2) is 0 Å². The van der Waals surface area contributed by atoms with Crippen LogP contribution in [0, 0.1) is 12.3 Å². The number of aliphatic hydroxyl groups is 1. The Hall–Kier alpha value is -1.02. The molecule has 1 saturated heterocycles. The number of aliphatic hydroxyl groups excluding tert-OH is 1. The average molecular weight is 259 g/mol. The van der Waals surface area contributed by atoms with Gasteiger partial charge in [0.1, 0.15) is 0 Å². The molecule has 0 aromatic heterocycles. The second kappa shape index (κ2) is 5.16. The Morgan fingerprint density at radius 3 is 2.37 bits per heavy atom. The summed E-state index contributed by atoms with van der Waals surface area (Å²) in [6, 6.07) is 6.37. The number of rotatable bonds is 2. The highest BCUT2D eigenvalue weighted by Gasteiger charge is 2.37. The zero-order chi connectivity index (χ0) is 13.3. The van der Waals surface area contributed by atoms with Crippen LogP contribution in [-0.4, -0.2) is 18.2 Å². The Kier molecular flexibility index (Phi) is 3.53. The van der Waals surface area contributed by atoms with Gasteiger partial charge in [-0.2, -0.15) is 0 Å². The van der Waals surface area contributed by atoms with Gasteiger partial charge in [-0.25, -0.2) is 0 Å². The van der Waals surface area contributed by atoms with E-state index in [2.05, 4.69) is 30.0 Å². The largest absolute Gasteiger partial charge is 0.392 e. The lowest BCUT2D eigenvalue weighted by Crippen LogP contribution is -2.39. The molecule has 1 N–H and O–H groups in total. The van der Waals surface area contributed by atoms with Crippen molar-refractivity contribution < 1.29 is 5.11 Å². The van der Waals surface area contributed by atoms with Gasteiger partial charge in [0.05, 0.1) is 6.61 Å². The van der Waals surface area contributed by atoms with Crippen molar-refractivity contribution in [2.75, 3.05) is 18.0 Å². The van der Waals surface area contributed by atoms with E-state index in [1.54, 1.807) is 0 Å². The standard InChI is InChI=1S/C17H25NO/c1-14-12-15(13-19)4-5-16(14)18-10-8-17(9-11-18)6-2-3-7-17/h4-5,12,19H,2-3,6-11,13H2,1H3. The molecule has 2 heteroatoms. The second-order valence-electron chi connectivity index (χ2n) is 6.47. The number of hydrogen-bond acceptors (Lipinski definition) is 2. The second-order valence-corrected chi connectivity index (χ2v) is 6.47. The summed E-state index contributed by atoms with van der Waals surface area (Å²) in [4.78, 5) is 2.54. The molecular weight excluding hydrogens is 234 g/mol. The van der Waals surface area contributed by atoms with Crippen molar-refractivity contribution in [3.05, 3.63) is 29.3 Å². The minimum atomic E-state index is 0.143. The van der Waals surface area contributed by atoms with E-state index < -0.39 is 0 Å². The monoisotopic (exact) mass is 259 g/mol. The maximum absolute atomic E-state index is 9.19. The predicted octanol–water partition coefficient (Wildman–Crippen LogP) is 3.65. The number of hydrogen-bond donors (Lipinski definition) is 1. The molecule has 0 atom stereocenters. The Balaban J connectivity index is 1.71. The molecule has 1 aromatic carbocycles. The summed E-state index contributed by atoms with van der Waals surface area (Å²) in [5, 5.41) is 9.19. The zero-order valence-electron chi connectivity index (χ0n) is 12.0. The molecule has 0 radical (unpaired) electrons. The van der Waals surface area contributed by atoms with Crippen LogP contribution >= 0.6 is 0 Å². The lowest BCUT2D eigenvalue weighted by Gasteiger charge is -2.41. The molecule has 3 rings (SSSR count). The van der Waals surface area contributed by atoms with Gasteiger partial charge in [-0.3, -0.25) is 0 Å². The van der Waals surface area contributed by atoms with E-state index in [4.69, 9.17) is 0 Å². The van der Waals surface area contributed by atoms with Crippen LogP contribution < -0.4 is 4.90 Å². The van der Waals surface area contributed by atoms with E-state index in [1.807, 2.05) is 0 Å². The van der Waals surface area contributed by atoms with Crippen molar-refractivity contribution >= 4 is 5.69 Å². The number of anilines is 1. The minimum absolute atomic E-state index is 0.143. The van der Waals surface area contributed by atoms with Crippen LogP contribution in [-0.2, 0) is 6.61 Å². The number of benzene rings is 1. The van der Waals surface area contributed by atoms with Crippen LogP contribution in [0.2, 0.25) is 0 Å². The van der Waals surface area contributed by atoms with Gasteiger partial charge in [0.2, 0.25) is 0 Å². The highest BCUT2D eigenvalue weighted by molar-refractivity contribution is 5.54. The van der Waals surface area contributed by atoms with Gasteiger partial charge in [-0.15, -0.1) is 0 Å². The van der Waals surface area contributed by atoms with Gasteiger partial charge in [0.25, 0.3) is 0 Å². The van der Waals surface area contributed by atoms with Crippen molar-refractivity contribution in [3.8, 4) is 0 Å². The van der Waals surface area contributed by atoms with E-state index in [1.165, 1.54) is 62.9 Å².